The Bertz CT molecular complexity index is 968. The van der Waals surface area contributed by atoms with E-state index in [9.17, 15) is 32.3 Å². The summed E-state index contributed by atoms with van der Waals surface area (Å²) < 4.78 is 40.6. The fraction of sp³-hybridized carbons (Fsp3) is 0.300. The number of carbonyl (C=O) groups is 4. The van der Waals surface area contributed by atoms with Gasteiger partial charge in [0.2, 0.25) is 0 Å². The van der Waals surface area contributed by atoms with Crippen molar-refractivity contribution in [2.75, 3.05) is 19.7 Å². The first-order valence-electron chi connectivity index (χ1n) is 9.04. The summed E-state index contributed by atoms with van der Waals surface area (Å²) in [5.74, 6) is -2.84. The van der Waals surface area contributed by atoms with Gasteiger partial charge in [0.05, 0.1) is 0 Å². The second kappa shape index (κ2) is 8.52. The first kappa shape index (κ1) is 21.3. The Morgan fingerprint density at radius 2 is 1.60 bits per heavy atom. The highest BCUT2D eigenvalue weighted by atomic mass is 19.4. The molecule has 0 saturated carbocycles. The van der Waals surface area contributed by atoms with Gasteiger partial charge in [-0.15, -0.1) is 0 Å². The van der Waals surface area contributed by atoms with E-state index < -0.39 is 43.0 Å². The Balaban J connectivity index is 1.52. The van der Waals surface area contributed by atoms with Crippen molar-refractivity contribution >= 4 is 34.5 Å². The van der Waals surface area contributed by atoms with Gasteiger partial charge in [0.15, 0.2) is 6.61 Å². The van der Waals surface area contributed by atoms with Crippen LogP contribution in [0.1, 0.15) is 33.6 Å². The molecule has 158 valence electrons. The van der Waals surface area contributed by atoms with E-state index in [1.54, 1.807) is 41.7 Å². The molecule has 0 saturated heterocycles. The molecule has 10 heteroatoms. The summed E-state index contributed by atoms with van der Waals surface area (Å²) in [7, 11) is 0. The lowest BCUT2D eigenvalue weighted by molar-refractivity contribution is -0.151. The smallest absolute Gasteiger partial charge is 0.405 e. The standard InChI is InChI=1S/C20H17F3N2O5/c21-20(22,23)11-24-15(26)10-30-16(27)8-3-9-25-18(28)13-6-1-4-12-5-2-7-14(17(12)13)19(25)29/h1-2,4-7H,3,8-11H2,(H,24,26). The topological polar surface area (TPSA) is 92.8 Å². The van der Waals surface area contributed by atoms with Crippen LogP contribution in [0.5, 0.6) is 0 Å². The van der Waals surface area contributed by atoms with Crippen molar-refractivity contribution in [1.82, 2.24) is 10.2 Å². The summed E-state index contributed by atoms with van der Waals surface area (Å²) in [6, 6.07) is 10.3. The first-order valence-corrected chi connectivity index (χ1v) is 9.04. The number of imide groups is 1. The van der Waals surface area contributed by atoms with E-state index in [-0.39, 0.29) is 19.4 Å². The summed E-state index contributed by atoms with van der Waals surface area (Å²) in [5, 5.41) is 2.95. The third-order valence-corrected chi connectivity index (χ3v) is 4.47. The summed E-state index contributed by atoms with van der Waals surface area (Å²) in [6.07, 6.45) is -4.69. The molecule has 0 unspecified atom stereocenters. The van der Waals surface area contributed by atoms with Gasteiger partial charge in [0, 0.05) is 29.5 Å². The van der Waals surface area contributed by atoms with Crippen LogP contribution in [-0.2, 0) is 14.3 Å². The Morgan fingerprint density at radius 3 is 2.17 bits per heavy atom. The van der Waals surface area contributed by atoms with Gasteiger partial charge in [-0.1, -0.05) is 24.3 Å². The fourth-order valence-electron chi connectivity index (χ4n) is 3.13. The van der Waals surface area contributed by atoms with E-state index in [1.807, 2.05) is 0 Å². The maximum atomic E-state index is 12.7. The van der Waals surface area contributed by atoms with Crippen LogP contribution in [0.15, 0.2) is 36.4 Å². The van der Waals surface area contributed by atoms with Crippen molar-refractivity contribution < 1.29 is 37.1 Å². The SMILES string of the molecule is O=C(COC(=O)CCCN1C(=O)c2cccc3cccc(c23)C1=O)NCC(F)(F)F. The minimum atomic E-state index is -4.56. The number of esters is 1. The van der Waals surface area contributed by atoms with Crippen LogP contribution >= 0.6 is 0 Å². The van der Waals surface area contributed by atoms with E-state index in [4.69, 9.17) is 0 Å². The zero-order valence-electron chi connectivity index (χ0n) is 15.6. The first-order chi connectivity index (χ1) is 14.2. The van der Waals surface area contributed by atoms with E-state index in [0.717, 1.165) is 10.3 Å². The minimum absolute atomic E-state index is 0.0439. The molecule has 0 aliphatic carbocycles. The van der Waals surface area contributed by atoms with Crippen LogP contribution < -0.4 is 5.32 Å². The number of benzene rings is 2. The highest BCUT2D eigenvalue weighted by molar-refractivity contribution is 6.25. The van der Waals surface area contributed by atoms with E-state index in [0.29, 0.717) is 16.5 Å². The van der Waals surface area contributed by atoms with Gasteiger partial charge in [0.25, 0.3) is 17.7 Å². The number of alkyl halides is 3. The Hall–Kier alpha value is -3.43. The maximum absolute atomic E-state index is 12.7. The van der Waals surface area contributed by atoms with Gasteiger partial charge >= 0.3 is 12.1 Å². The van der Waals surface area contributed by atoms with Gasteiger partial charge in [-0.3, -0.25) is 24.1 Å². The van der Waals surface area contributed by atoms with Crippen LogP contribution in [0, 0.1) is 0 Å². The Morgan fingerprint density at radius 1 is 1.00 bits per heavy atom. The van der Waals surface area contributed by atoms with Crippen molar-refractivity contribution in [1.29, 1.82) is 0 Å². The van der Waals surface area contributed by atoms with Crippen molar-refractivity contribution in [2.45, 2.75) is 19.0 Å². The number of hydrogen-bond donors (Lipinski definition) is 1. The molecule has 0 bridgehead atoms. The number of rotatable bonds is 7. The fourth-order valence-corrected chi connectivity index (χ4v) is 3.13. The average molecular weight is 422 g/mol. The van der Waals surface area contributed by atoms with Gasteiger partial charge < -0.3 is 10.1 Å². The molecule has 1 aliphatic rings. The van der Waals surface area contributed by atoms with Gasteiger partial charge in [-0.25, -0.2) is 0 Å². The number of amides is 3. The largest absolute Gasteiger partial charge is 0.456 e. The predicted molar refractivity (Wildman–Crippen MR) is 98.6 cm³/mol. The molecule has 1 heterocycles. The van der Waals surface area contributed by atoms with Crippen LogP contribution in [0.25, 0.3) is 10.8 Å². The highest BCUT2D eigenvalue weighted by Crippen LogP contribution is 2.30. The number of nitrogens with one attached hydrogen (secondary N) is 1. The van der Waals surface area contributed by atoms with Crippen LogP contribution in [0.2, 0.25) is 0 Å². The second-order valence-electron chi connectivity index (χ2n) is 6.63. The van der Waals surface area contributed by atoms with Crippen LogP contribution in [-0.4, -0.2) is 54.5 Å². The summed E-state index contributed by atoms with van der Waals surface area (Å²) in [5.41, 5.74) is 0.790. The maximum Gasteiger partial charge on any atom is 0.405 e. The Kier molecular flexibility index (Phi) is 6.04. The third-order valence-electron chi connectivity index (χ3n) is 4.47. The second-order valence-corrected chi connectivity index (χ2v) is 6.63. The summed E-state index contributed by atoms with van der Waals surface area (Å²) in [6.45, 7) is -2.40. The average Bonchev–Trinajstić information content (AvgIpc) is 2.70. The molecule has 2 aromatic carbocycles. The highest BCUT2D eigenvalue weighted by Gasteiger charge is 2.32. The zero-order chi connectivity index (χ0) is 21.9. The van der Waals surface area contributed by atoms with E-state index >= 15 is 0 Å². The predicted octanol–water partition coefficient (Wildman–Crippen LogP) is 2.44. The van der Waals surface area contributed by atoms with Crippen molar-refractivity contribution in [3.05, 3.63) is 47.5 Å². The number of ether oxygens (including phenoxy) is 1. The summed E-state index contributed by atoms with van der Waals surface area (Å²) >= 11 is 0. The third kappa shape index (κ3) is 4.76. The lowest BCUT2D eigenvalue weighted by atomic mass is 9.94. The van der Waals surface area contributed by atoms with Crippen molar-refractivity contribution in [2.24, 2.45) is 0 Å². The van der Waals surface area contributed by atoms with Crippen LogP contribution in [0.4, 0.5) is 13.2 Å². The molecule has 0 aromatic heterocycles. The van der Waals surface area contributed by atoms with E-state index in [1.165, 1.54) is 0 Å². The molecule has 3 amide bonds. The quantitative estimate of drug-likeness (QED) is 0.547. The van der Waals surface area contributed by atoms with Gasteiger partial charge in [-0.2, -0.15) is 13.2 Å². The molecule has 30 heavy (non-hydrogen) atoms. The van der Waals surface area contributed by atoms with Crippen molar-refractivity contribution in [3.8, 4) is 0 Å². The number of hydrogen-bond acceptors (Lipinski definition) is 5. The van der Waals surface area contributed by atoms with Gasteiger partial charge in [0.1, 0.15) is 6.54 Å². The molecular weight excluding hydrogens is 405 g/mol. The van der Waals surface area contributed by atoms with Crippen molar-refractivity contribution in [3.63, 3.8) is 0 Å². The molecule has 7 nitrogen and oxygen atoms in total. The molecular formula is C20H17F3N2O5. The lowest BCUT2D eigenvalue weighted by Gasteiger charge is -2.27. The Labute approximate surface area is 168 Å². The van der Waals surface area contributed by atoms with Gasteiger partial charge in [-0.05, 0) is 23.9 Å². The van der Waals surface area contributed by atoms with Crippen LogP contribution in [0.3, 0.4) is 0 Å². The minimum Gasteiger partial charge on any atom is -0.456 e. The normalized spacial score (nSPS) is 13.5. The zero-order valence-corrected chi connectivity index (χ0v) is 15.6. The number of halogens is 3. The number of carbonyl (C=O) groups excluding carboxylic acids is 4. The molecule has 1 N–H and O–H groups in total. The van der Waals surface area contributed by atoms with E-state index in [2.05, 4.69) is 4.74 Å². The molecule has 0 fully saturated rings. The lowest BCUT2D eigenvalue weighted by Crippen LogP contribution is -2.41. The molecule has 2 aromatic rings. The molecule has 0 atom stereocenters. The molecule has 3 rings (SSSR count). The monoisotopic (exact) mass is 422 g/mol. The molecule has 0 radical (unpaired) electrons. The molecule has 0 spiro atoms. The number of nitrogens with zero attached hydrogens (tertiary/aromatic N) is 1. The molecule has 1 aliphatic heterocycles. The summed E-state index contributed by atoms with van der Waals surface area (Å²) in [4.78, 5) is 49.4.